The highest BCUT2D eigenvalue weighted by molar-refractivity contribution is 7.14. The number of esters is 1. The summed E-state index contributed by atoms with van der Waals surface area (Å²) < 4.78 is 15.5. The van der Waals surface area contributed by atoms with Crippen molar-refractivity contribution in [1.82, 2.24) is 4.98 Å². The minimum atomic E-state index is -0.822. The maximum absolute atomic E-state index is 11.8. The molecule has 0 atom stereocenters. The van der Waals surface area contributed by atoms with Crippen LogP contribution in [0.5, 0.6) is 5.75 Å². The molecule has 7 heteroatoms. The summed E-state index contributed by atoms with van der Waals surface area (Å²) in [5.41, 5.74) is 1.35. The molecule has 3 rings (SSSR count). The fourth-order valence-electron chi connectivity index (χ4n) is 2.85. The zero-order chi connectivity index (χ0) is 20.0. The molecule has 2 aromatic rings. The fourth-order valence-corrected chi connectivity index (χ4v) is 3.79. The lowest BCUT2D eigenvalue weighted by atomic mass is 9.75. The molecule has 2 heterocycles. The van der Waals surface area contributed by atoms with E-state index in [0.29, 0.717) is 16.3 Å². The summed E-state index contributed by atoms with van der Waals surface area (Å²) in [4.78, 5) is 17.8. The molecule has 1 saturated carbocycles. The van der Waals surface area contributed by atoms with E-state index in [1.807, 2.05) is 26.8 Å². The Morgan fingerprint density at radius 1 is 1.30 bits per heavy atom. The van der Waals surface area contributed by atoms with Crippen LogP contribution in [0.2, 0.25) is 0 Å². The number of carbonyl (C=O) groups is 1. The Kier molecular flexibility index (Phi) is 7.35. The zero-order valence-electron chi connectivity index (χ0n) is 16.5. The largest absolute Gasteiger partial charge is 0.465 e. The maximum atomic E-state index is 11.8. The van der Waals surface area contributed by atoms with Crippen LogP contribution in [0.4, 0.5) is 0 Å². The first-order chi connectivity index (χ1) is 13.0. The average molecular weight is 394 g/mol. The number of pyridine rings is 1. The van der Waals surface area contributed by atoms with E-state index in [-0.39, 0.29) is 12.8 Å². The molecular weight excluding hydrogens is 366 g/mol. The predicted molar refractivity (Wildman–Crippen MR) is 105 cm³/mol. The first kappa shape index (κ1) is 21.3. The molecule has 0 unspecified atom stereocenters. The van der Waals surface area contributed by atoms with Crippen molar-refractivity contribution in [3.05, 3.63) is 33.6 Å². The van der Waals surface area contributed by atoms with Gasteiger partial charge in [-0.15, -0.1) is 11.3 Å². The van der Waals surface area contributed by atoms with Gasteiger partial charge in [-0.2, -0.15) is 0 Å². The van der Waals surface area contributed by atoms with Gasteiger partial charge in [0.1, 0.15) is 16.3 Å². The van der Waals surface area contributed by atoms with Gasteiger partial charge in [-0.3, -0.25) is 4.98 Å². The monoisotopic (exact) mass is 393 g/mol. The number of aliphatic hydroxyl groups is 1. The van der Waals surface area contributed by atoms with Gasteiger partial charge in [-0.25, -0.2) is 4.79 Å². The lowest BCUT2D eigenvalue weighted by Crippen LogP contribution is -2.33. The third-order valence-corrected chi connectivity index (χ3v) is 5.49. The Balaban J connectivity index is 0.00000126. The highest BCUT2D eigenvalue weighted by Gasteiger charge is 2.37. The number of ether oxygens (including phenoxy) is 3. The molecule has 1 aliphatic rings. The SMILES string of the molecule is CC.COCOc1cc(C2(O)CCC2)cnc1-c1cc(C(=O)OC)sc1C. The zero-order valence-corrected chi connectivity index (χ0v) is 17.3. The molecule has 0 bridgehead atoms. The van der Waals surface area contributed by atoms with E-state index < -0.39 is 5.60 Å². The first-order valence-corrected chi connectivity index (χ1v) is 9.84. The number of carbonyl (C=O) groups excluding carboxylic acids is 1. The van der Waals surface area contributed by atoms with Crippen LogP contribution in [0.25, 0.3) is 11.3 Å². The third kappa shape index (κ3) is 4.48. The van der Waals surface area contributed by atoms with E-state index in [9.17, 15) is 9.90 Å². The quantitative estimate of drug-likeness (QED) is 0.583. The van der Waals surface area contributed by atoms with Gasteiger partial charge < -0.3 is 19.3 Å². The van der Waals surface area contributed by atoms with Crippen molar-refractivity contribution >= 4 is 17.3 Å². The summed E-state index contributed by atoms with van der Waals surface area (Å²) in [5, 5.41) is 10.6. The second-order valence-electron chi connectivity index (χ2n) is 6.08. The molecule has 0 aromatic carbocycles. The molecule has 0 radical (unpaired) electrons. The Bertz CT molecular complexity index is 783. The highest BCUT2D eigenvalue weighted by Crippen LogP contribution is 2.44. The fraction of sp³-hybridized carbons (Fsp3) is 0.500. The van der Waals surface area contributed by atoms with Gasteiger partial charge in [0.2, 0.25) is 0 Å². The van der Waals surface area contributed by atoms with E-state index >= 15 is 0 Å². The van der Waals surface area contributed by atoms with E-state index in [4.69, 9.17) is 14.2 Å². The second kappa shape index (κ2) is 9.30. The van der Waals surface area contributed by atoms with Crippen LogP contribution in [-0.4, -0.2) is 37.1 Å². The van der Waals surface area contributed by atoms with E-state index in [1.54, 1.807) is 19.4 Å². The Hall–Kier alpha value is -1.96. The van der Waals surface area contributed by atoms with Crippen LogP contribution in [0, 0.1) is 6.92 Å². The number of rotatable bonds is 6. The summed E-state index contributed by atoms with van der Waals surface area (Å²) in [6, 6.07) is 3.57. The van der Waals surface area contributed by atoms with Crippen LogP contribution in [0.1, 0.15) is 53.2 Å². The number of methoxy groups -OCH3 is 2. The van der Waals surface area contributed by atoms with Crippen molar-refractivity contribution < 1.29 is 24.1 Å². The topological polar surface area (TPSA) is 77.9 Å². The number of nitrogens with zero attached hydrogens (tertiary/aromatic N) is 1. The molecule has 0 saturated heterocycles. The van der Waals surface area contributed by atoms with Crippen molar-refractivity contribution in [2.75, 3.05) is 21.0 Å². The summed E-state index contributed by atoms with van der Waals surface area (Å²) in [6.45, 7) is 5.99. The van der Waals surface area contributed by atoms with Gasteiger partial charge in [-0.05, 0) is 38.3 Å². The Morgan fingerprint density at radius 3 is 2.56 bits per heavy atom. The number of thiophene rings is 1. The summed E-state index contributed by atoms with van der Waals surface area (Å²) in [6.07, 6.45) is 4.13. The van der Waals surface area contributed by atoms with Gasteiger partial charge in [0.25, 0.3) is 0 Å². The number of aryl methyl sites for hydroxylation is 1. The van der Waals surface area contributed by atoms with Crippen molar-refractivity contribution in [2.45, 2.75) is 45.6 Å². The number of aromatic nitrogens is 1. The minimum Gasteiger partial charge on any atom is -0.465 e. The number of hydrogen-bond donors (Lipinski definition) is 1. The van der Waals surface area contributed by atoms with Gasteiger partial charge in [0, 0.05) is 29.3 Å². The molecule has 0 amide bonds. The molecule has 0 spiro atoms. The molecule has 2 aromatic heterocycles. The molecule has 0 aliphatic heterocycles. The average Bonchev–Trinajstić information content (AvgIpc) is 3.06. The minimum absolute atomic E-state index is 0.0730. The molecule has 148 valence electrons. The van der Waals surface area contributed by atoms with Gasteiger partial charge in [0.15, 0.2) is 6.79 Å². The number of hydrogen-bond acceptors (Lipinski definition) is 7. The van der Waals surface area contributed by atoms with Crippen LogP contribution in [0.15, 0.2) is 18.3 Å². The van der Waals surface area contributed by atoms with Gasteiger partial charge in [-0.1, -0.05) is 13.8 Å². The molecule has 27 heavy (non-hydrogen) atoms. The highest BCUT2D eigenvalue weighted by atomic mass is 32.1. The molecule has 1 N–H and O–H groups in total. The third-order valence-electron chi connectivity index (χ3n) is 4.46. The second-order valence-corrected chi connectivity index (χ2v) is 7.34. The van der Waals surface area contributed by atoms with Crippen molar-refractivity contribution in [3.8, 4) is 17.0 Å². The van der Waals surface area contributed by atoms with Gasteiger partial charge in [0.05, 0.1) is 12.7 Å². The van der Waals surface area contributed by atoms with E-state index in [2.05, 4.69) is 4.98 Å². The van der Waals surface area contributed by atoms with Gasteiger partial charge >= 0.3 is 5.97 Å². The molecule has 1 fully saturated rings. The van der Waals surface area contributed by atoms with Crippen molar-refractivity contribution in [2.24, 2.45) is 0 Å². The maximum Gasteiger partial charge on any atom is 0.348 e. The van der Waals surface area contributed by atoms with Crippen molar-refractivity contribution in [1.29, 1.82) is 0 Å². The summed E-state index contributed by atoms with van der Waals surface area (Å²) in [7, 11) is 2.90. The normalized spacial score (nSPS) is 14.6. The summed E-state index contributed by atoms with van der Waals surface area (Å²) in [5.74, 6) is 0.149. The smallest absolute Gasteiger partial charge is 0.348 e. The predicted octanol–water partition coefficient (Wildman–Crippen LogP) is 4.29. The van der Waals surface area contributed by atoms with Crippen LogP contribution in [0.3, 0.4) is 0 Å². The standard InChI is InChI=1S/C18H21NO5S.C2H6/c1-11-13(8-15(25-11)17(20)23-3)16-14(24-10-22-2)7-12(9-19-16)18(21)5-4-6-18;1-2/h7-9,21H,4-6,10H2,1-3H3;1-2H3. The first-order valence-electron chi connectivity index (χ1n) is 9.02. The van der Waals surface area contributed by atoms with E-state index in [1.165, 1.54) is 18.4 Å². The molecular formula is C20H27NO5S. The summed E-state index contributed by atoms with van der Waals surface area (Å²) >= 11 is 1.35. The lowest BCUT2D eigenvalue weighted by Gasteiger charge is -2.37. The van der Waals surface area contributed by atoms with Crippen LogP contribution in [-0.2, 0) is 15.1 Å². The van der Waals surface area contributed by atoms with E-state index in [0.717, 1.165) is 35.3 Å². The Morgan fingerprint density at radius 2 is 2.00 bits per heavy atom. The molecule has 1 aliphatic carbocycles. The van der Waals surface area contributed by atoms with Crippen LogP contribution < -0.4 is 4.74 Å². The van der Waals surface area contributed by atoms with Crippen LogP contribution >= 0.6 is 11.3 Å². The lowest BCUT2D eigenvalue weighted by molar-refractivity contribution is -0.0394. The van der Waals surface area contributed by atoms with Crippen molar-refractivity contribution in [3.63, 3.8) is 0 Å². The Labute approximate surface area is 164 Å². The molecule has 6 nitrogen and oxygen atoms in total.